The minimum Gasteiger partial charge on any atom is -0.481 e. The Kier molecular flexibility index (Phi) is 4.40. The van der Waals surface area contributed by atoms with E-state index >= 15 is 0 Å². The molecule has 0 aliphatic carbocycles. The number of carbonyl (C=O) groups excluding carboxylic acids is 1. The lowest BCUT2D eigenvalue weighted by atomic mass is 10.3. The van der Waals surface area contributed by atoms with Crippen molar-refractivity contribution < 1.29 is 19.1 Å². The highest BCUT2D eigenvalue weighted by Gasteiger charge is 2.15. The number of carboxylic acids is 1. The first-order valence-corrected chi connectivity index (χ1v) is 6.96. The molecule has 0 aromatic carbocycles. The molecule has 0 unspecified atom stereocenters. The molecule has 0 aliphatic rings. The van der Waals surface area contributed by atoms with E-state index in [2.05, 4.69) is 15.5 Å². The molecule has 1 amide bonds. The second kappa shape index (κ2) is 6.04. The van der Waals surface area contributed by atoms with Gasteiger partial charge in [0, 0.05) is 0 Å². The molecule has 2 aromatic heterocycles. The van der Waals surface area contributed by atoms with Crippen LogP contribution in [-0.2, 0) is 4.79 Å². The quantitative estimate of drug-likeness (QED) is 0.643. The van der Waals surface area contributed by atoms with Gasteiger partial charge in [0.05, 0.1) is 17.6 Å². The van der Waals surface area contributed by atoms with Crippen LogP contribution in [0.15, 0.2) is 21.1 Å². The van der Waals surface area contributed by atoms with Crippen molar-refractivity contribution in [3.8, 4) is 0 Å². The van der Waals surface area contributed by atoms with E-state index in [1.165, 1.54) is 12.3 Å². The number of hydrogen-bond donors (Lipinski definition) is 2. The molecule has 7 nitrogen and oxygen atoms in total. The van der Waals surface area contributed by atoms with E-state index in [-0.39, 0.29) is 21.7 Å². The molecule has 10 heteroatoms. The SMILES string of the molecule is O=C(O)CSc1nnc(NC(=O)c2ccoc2Cl)s1. The molecule has 0 atom stereocenters. The number of carboxylic acid groups (broad SMARTS) is 1. The maximum absolute atomic E-state index is 11.8. The molecule has 19 heavy (non-hydrogen) atoms. The van der Waals surface area contributed by atoms with Gasteiger partial charge in [0.15, 0.2) is 4.34 Å². The summed E-state index contributed by atoms with van der Waals surface area (Å²) in [6.07, 6.45) is 1.30. The molecule has 0 saturated heterocycles. The predicted molar refractivity (Wildman–Crippen MR) is 69.9 cm³/mol. The number of anilines is 1. The van der Waals surface area contributed by atoms with Crippen LogP contribution in [0.25, 0.3) is 0 Å². The van der Waals surface area contributed by atoms with Gasteiger partial charge in [-0.3, -0.25) is 14.9 Å². The molecule has 0 spiro atoms. The largest absolute Gasteiger partial charge is 0.481 e. The second-order valence-electron chi connectivity index (χ2n) is 3.12. The highest BCUT2D eigenvalue weighted by molar-refractivity contribution is 8.01. The van der Waals surface area contributed by atoms with E-state index in [1.54, 1.807) is 0 Å². The number of nitrogens with one attached hydrogen (secondary N) is 1. The van der Waals surface area contributed by atoms with Crippen LogP contribution >= 0.6 is 34.7 Å². The summed E-state index contributed by atoms with van der Waals surface area (Å²) in [7, 11) is 0. The molecule has 2 aromatic rings. The van der Waals surface area contributed by atoms with Gasteiger partial charge in [-0.2, -0.15) is 0 Å². The van der Waals surface area contributed by atoms with Crippen LogP contribution in [0.2, 0.25) is 5.22 Å². The topological polar surface area (TPSA) is 105 Å². The fraction of sp³-hybridized carbons (Fsp3) is 0.111. The number of carbonyl (C=O) groups is 2. The first kappa shape index (κ1) is 13.8. The minimum atomic E-state index is -0.948. The number of aliphatic carboxylic acids is 1. The van der Waals surface area contributed by atoms with Gasteiger partial charge in [0.25, 0.3) is 5.91 Å². The lowest BCUT2D eigenvalue weighted by molar-refractivity contribution is -0.133. The number of rotatable bonds is 5. The number of aromatic nitrogens is 2. The molecule has 0 aliphatic heterocycles. The van der Waals surface area contributed by atoms with Crippen LogP contribution < -0.4 is 5.32 Å². The maximum Gasteiger partial charge on any atom is 0.313 e. The average Bonchev–Trinajstić information content (AvgIpc) is 2.95. The van der Waals surface area contributed by atoms with Crippen molar-refractivity contribution >= 4 is 51.7 Å². The third-order valence-corrected chi connectivity index (χ3v) is 4.06. The number of nitrogens with zero attached hydrogens (tertiary/aromatic N) is 2. The third-order valence-electron chi connectivity index (χ3n) is 1.81. The van der Waals surface area contributed by atoms with E-state index < -0.39 is 11.9 Å². The van der Waals surface area contributed by atoms with Gasteiger partial charge < -0.3 is 9.52 Å². The first-order chi connectivity index (χ1) is 9.06. The third kappa shape index (κ3) is 3.69. The Morgan fingerprint density at radius 1 is 1.53 bits per heavy atom. The number of hydrogen-bond acceptors (Lipinski definition) is 7. The number of halogens is 1. The van der Waals surface area contributed by atoms with Crippen molar-refractivity contribution in [1.82, 2.24) is 10.2 Å². The van der Waals surface area contributed by atoms with Crippen LogP contribution in [0, 0.1) is 0 Å². The Hall–Kier alpha value is -1.58. The molecule has 2 heterocycles. The highest BCUT2D eigenvalue weighted by atomic mass is 35.5. The summed E-state index contributed by atoms with van der Waals surface area (Å²) in [6, 6.07) is 1.43. The number of thioether (sulfide) groups is 1. The van der Waals surface area contributed by atoms with E-state index in [0.717, 1.165) is 23.1 Å². The van der Waals surface area contributed by atoms with Gasteiger partial charge >= 0.3 is 5.97 Å². The van der Waals surface area contributed by atoms with Crippen molar-refractivity contribution in [2.75, 3.05) is 11.1 Å². The molecule has 0 saturated carbocycles. The zero-order valence-corrected chi connectivity index (χ0v) is 11.5. The van der Waals surface area contributed by atoms with Crippen molar-refractivity contribution in [3.05, 3.63) is 23.1 Å². The van der Waals surface area contributed by atoms with Crippen LogP contribution in [0.3, 0.4) is 0 Å². The fourth-order valence-corrected chi connectivity index (χ4v) is 2.73. The van der Waals surface area contributed by atoms with Crippen molar-refractivity contribution in [2.24, 2.45) is 0 Å². The minimum absolute atomic E-state index is 0.0116. The van der Waals surface area contributed by atoms with Gasteiger partial charge in [0.2, 0.25) is 10.4 Å². The van der Waals surface area contributed by atoms with E-state index in [1.807, 2.05) is 0 Å². The number of furan rings is 1. The van der Waals surface area contributed by atoms with E-state index in [4.69, 9.17) is 21.1 Å². The van der Waals surface area contributed by atoms with Crippen LogP contribution in [0.1, 0.15) is 10.4 Å². The van der Waals surface area contributed by atoms with Crippen molar-refractivity contribution in [3.63, 3.8) is 0 Å². The smallest absolute Gasteiger partial charge is 0.313 e. The Morgan fingerprint density at radius 3 is 2.95 bits per heavy atom. The van der Waals surface area contributed by atoms with Gasteiger partial charge in [-0.1, -0.05) is 23.1 Å². The summed E-state index contributed by atoms with van der Waals surface area (Å²) < 4.78 is 5.25. The van der Waals surface area contributed by atoms with E-state index in [0.29, 0.717) is 4.34 Å². The monoisotopic (exact) mass is 319 g/mol. The van der Waals surface area contributed by atoms with Crippen molar-refractivity contribution in [1.29, 1.82) is 0 Å². The summed E-state index contributed by atoms with van der Waals surface area (Å²) in [5.41, 5.74) is 0.191. The Balaban J connectivity index is 1.98. The Morgan fingerprint density at radius 2 is 2.32 bits per heavy atom. The number of amides is 1. The lowest BCUT2D eigenvalue weighted by Gasteiger charge is -1.97. The maximum atomic E-state index is 11.8. The summed E-state index contributed by atoms with van der Waals surface area (Å²) in [6.45, 7) is 0. The van der Waals surface area contributed by atoms with Gasteiger partial charge in [-0.15, -0.1) is 10.2 Å². The van der Waals surface area contributed by atoms with Gasteiger partial charge in [-0.05, 0) is 17.7 Å². The zero-order chi connectivity index (χ0) is 13.8. The van der Waals surface area contributed by atoms with Crippen molar-refractivity contribution in [2.45, 2.75) is 4.34 Å². The molecule has 100 valence electrons. The second-order valence-corrected chi connectivity index (χ2v) is 5.66. The molecule has 2 N–H and O–H groups in total. The molecule has 2 rings (SSSR count). The van der Waals surface area contributed by atoms with Crippen LogP contribution in [0.5, 0.6) is 0 Å². The fourth-order valence-electron chi connectivity index (χ4n) is 1.06. The predicted octanol–water partition coefficient (Wildman–Crippen LogP) is 2.21. The van der Waals surface area contributed by atoms with Crippen LogP contribution in [-0.4, -0.2) is 32.9 Å². The first-order valence-electron chi connectivity index (χ1n) is 4.78. The average molecular weight is 320 g/mol. The summed E-state index contributed by atoms with van der Waals surface area (Å²) >= 11 is 7.77. The van der Waals surface area contributed by atoms with Crippen LogP contribution in [0.4, 0.5) is 5.13 Å². The molecule has 0 bridgehead atoms. The molecule has 0 radical (unpaired) electrons. The Labute approximate surface area is 120 Å². The zero-order valence-electron chi connectivity index (χ0n) is 9.12. The normalized spacial score (nSPS) is 10.4. The molecular formula is C9H6ClN3O4S2. The summed E-state index contributed by atoms with van der Waals surface area (Å²) in [5, 5.41) is 18.7. The standard InChI is InChI=1S/C9H6ClN3O4S2/c10-6-4(1-2-17-6)7(16)11-8-12-13-9(19-8)18-3-5(14)15/h1-2H,3H2,(H,14,15)(H,11,12,16). The summed E-state index contributed by atoms with van der Waals surface area (Å²) in [4.78, 5) is 22.1. The highest BCUT2D eigenvalue weighted by Crippen LogP contribution is 2.26. The van der Waals surface area contributed by atoms with Gasteiger partial charge in [-0.25, -0.2) is 0 Å². The molecular weight excluding hydrogens is 314 g/mol. The van der Waals surface area contributed by atoms with Gasteiger partial charge in [0.1, 0.15) is 0 Å². The summed E-state index contributed by atoms with van der Waals surface area (Å²) in [5.74, 6) is -1.53. The lowest BCUT2D eigenvalue weighted by Crippen LogP contribution is -2.11. The Bertz CT molecular complexity index is 612. The van der Waals surface area contributed by atoms with E-state index in [9.17, 15) is 9.59 Å². The molecule has 0 fully saturated rings.